The molecule has 0 N–H and O–H groups in total. The van der Waals surface area contributed by atoms with Crippen molar-refractivity contribution < 1.29 is 0 Å². The summed E-state index contributed by atoms with van der Waals surface area (Å²) in [4.78, 5) is 0. The Kier molecular flexibility index (Phi) is 5.41. The van der Waals surface area contributed by atoms with E-state index in [0.29, 0.717) is 0 Å². The molecular formula is C21H27Cl. The summed E-state index contributed by atoms with van der Waals surface area (Å²) in [7, 11) is 0. The molecule has 1 aromatic carbocycles. The van der Waals surface area contributed by atoms with E-state index >= 15 is 0 Å². The van der Waals surface area contributed by atoms with Crippen molar-refractivity contribution >= 4 is 17.2 Å². The number of hydrogen-bond acceptors (Lipinski definition) is 0. The predicted octanol–water partition coefficient (Wildman–Crippen LogP) is 6.91. The maximum Gasteiger partial charge on any atom is 0.0412 e. The summed E-state index contributed by atoms with van der Waals surface area (Å²) in [6.07, 6.45) is 15.3. The van der Waals surface area contributed by atoms with E-state index in [1.807, 2.05) is 6.07 Å². The summed E-state index contributed by atoms with van der Waals surface area (Å²) in [5.41, 5.74) is 2.82. The van der Waals surface area contributed by atoms with Crippen LogP contribution in [0.5, 0.6) is 0 Å². The summed E-state index contributed by atoms with van der Waals surface area (Å²) in [6, 6.07) is 8.32. The van der Waals surface area contributed by atoms with Crippen LogP contribution in [0.25, 0.3) is 5.57 Å². The third-order valence-electron chi connectivity index (χ3n) is 5.70. The predicted molar refractivity (Wildman–Crippen MR) is 97.0 cm³/mol. The molecule has 0 saturated heterocycles. The van der Waals surface area contributed by atoms with E-state index in [-0.39, 0.29) is 0 Å². The van der Waals surface area contributed by atoms with Crippen molar-refractivity contribution in [1.82, 2.24) is 0 Å². The minimum absolute atomic E-state index is 0.848. The Balaban J connectivity index is 1.56. The molecule has 1 atom stereocenters. The van der Waals surface area contributed by atoms with Crippen molar-refractivity contribution in [2.24, 2.45) is 17.8 Å². The molecule has 22 heavy (non-hydrogen) atoms. The Hall–Kier alpha value is -1.01. The molecule has 0 aromatic heterocycles. The van der Waals surface area contributed by atoms with Crippen LogP contribution >= 0.6 is 11.6 Å². The van der Waals surface area contributed by atoms with Crippen molar-refractivity contribution in [1.29, 1.82) is 0 Å². The minimum atomic E-state index is 0.848. The SMILES string of the molecule is C=CC[C@H]1CC[C@H](C2CC=C(c3cccc(Cl)c3)CC2)CC1. The largest absolute Gasteiger partial charge is 0.103 e. The van der Waals surface area contributed by atoms with E-state index in [1.54, 1.807) is 0 Å². The number of allylic oxidation sites excluding steroid dienone is 3. The lowest BCUT2D eigenvalue weighted by molar-refractivity contribution is 0.196. The second kappa shape index (κ2) is 7.51. The highest BCUT2D eigenvalue weighted by atomic mass is 35.5. The molecule has 0 nitrogen and oxygen atoms in total. The van der Waals surface area contributed by atoms with E-state index in [0.717, 1.165) is 22.8 Å². The van der Waals surface area contributed by atoms with Crippen LogP contribution in [0.1, 0.15) is 56.9 Å². The van der Waals surface area contributed by atoms with Gasteiger partial charge in [-0.1, -0.05) is 35.9 Å². The lowest BCUT2D eigenvalue weighted by Gasteiger charge is -2.35. The van der Waals surface area contributed by atoms with Gasteiger partial charge in [0.1, 0.15) is 0 Å². The van der Waals surface area contributed by atoms with Crippen molar-refractivity contribution in [2.75, 3.05) is 0 Å². The maximum absolute atomic E-state index is 6.12. The monoisotopic (exact) mass is 314 g/mol. The second-order valence-electron chi connectivity index (χ2n) is 7.08. The molecule has 1 heteroatoms. The van der Waals surface area contributed by atoms with Gasteiger partial charge in [0.05, 0.1) is 0 Å². The second-order valence-corrected chi connectivity index (χ2v) is 7.52. The highest BCUT2D eigenvalue weighted by Gasteiger charge is 2.28. The van der Waals surface area contributed by atoms with Gasteiger partial charge in [-0.3, -0.25) is 0 Å². The van der Waals surface area contributed by atoms with Crippen LogP contribution in [-0.4, -0.2) is 0 Å². The first kappa shape index (κ1) is 15.9. The molecule has 0 spiro atoms. The van der Waals surface area contributed by atoms with Crippen molar-refractivity contribution in [2.45, 2.75) is 51.4 Å². The summed E-state index contributed by atoms with van der Waals surface area (Å²) in [5, 5.41) is 0.848. The third-order valence-corrected chi connectivity index (χ3v) is 5.94. The lowest BCUT2D eigenvalue weighted by Crippen LogP contribution is -2.23. The summed E-state index contributed by atoms with van der Waals surface area (Å²) in [6.45, 7) is 3.89. The standard InChI is InChI=1S/C21H27Cl/c1-2-4-16-7-9-17(10-8-16)18-11-13-19(14-12-18)20-5-3-6-21(22)15-20/h2-3,5-6,13,15-18H,1,4,7-12,14H2/t16-,17-,18?. The molecule has 0 amide bonds. The van der Waals surface area contributed by atoms with Crippen molar-refractivity contribution in [3.8, 4) is 0 Å². The number of rotatable bonds is 4. The van der Waals surface area contributed by atoms with Gasteiger partial charge in [-0.2, -0.15) is 0 Å². The number of halogens is 1. The summed E-state index contributed by atoms with van der Waals surface area (Å²) in [5.74, 6) is 2.78. The first-order chi connectivity index (χ1) is 10.8. The van der Waals surface area contributed by atoms with Gasteiger partial charge >= 0.3 is 0 Å². The molecule has 1 fully saturated rings. The first-order valence-corrected chi connectivity index (χ1v) is 9.20. The van der Waals surface area contributed by atoms with Crippen LogP contribution in [0.2, 0.25) is 5.02 Å². The quantitative estimate of drug-likeness (QED) is 0.530. The van der Waals surface area contributed by atoms with Crippen LogP contribution in [0, 0.1) is 17.8 Å². The van der Waals surface area contributed by atoms with Crippen LogP contribution in [0.15, 0.2) is 43.0 Å². The molecule has 3 rings (SSSR count). The topological polar surface area (TPSA) is 0 Å². The third kappa shape index (κ3) is 3.84. The van der Waals surface area contributed by atoms with Crippen molar-refractivity contribution in [3.05, 3.63) is 53.6 Å². The fraction of sp³-hybridized carbons (Fsp3) is 0.524. The average molecular weight is 315 g/mol. The fourth-order valence-corrected chi connectivity index (χ4v) is 4.55. The molecule has 2 aliphatic rings. The number of hydrogen-bond donors (Lipinski definition) is 0. The Morgan fingerprint density at radius 1 is 1.09 bits per heavy atom. The zero-order chi connectivity index (χ0) is 15.4. The van der Waals surface area contributed by atoms with E-state index in [2.05, 4.69) is 36.9 Å². The smallest absolute Gasteiger partial charge is 0.0412 e. The molecular weight excluding hydrogens is 288 g/mol. The molecule has 0 aliphatic heterocycles. The number of benzene rings is 1. The van der Waals surface area contributed by atoms with Gasteiger partial charge in [-0.15, -0.1) is 6.58 Å². The highest BCUT2D eigenvalue weighted by Crippen LogP contribution is 2.41. The van der Waals surface area contributed by atoms with Crippen LogP contribution in [-0.2, 0) is 0 Å². The van der Waals surface area contributed by atoms with Crippen molar-refractivity contribution in [3.63, 3.8) is 0 Å². The first-order valence-electron chi connectivity index (χ1n) is 8.82. The van der Waals surface area contributed by atoms with Gasteiger partial charge in [0, 0.05) is 5.02 Å². The molecule has 1 saturated carbocycles. The zero-order valence-corrected chi connectivity index (χ0v) is 14.2. The van der Waals surface area contributed by atoms with Gasteiger partial charge in [0.15, 0.2) is 0 Å². The average Bonchev–Trinajstić information content (AvgIpc) is 2.56. The Morgan fingerprint density at radius 2 is 1.91 bits per heavy atom. The van der Waals surface area contributed by atoms with Gasteiger partial charge < -0.3 is 0 Å². The van der Waals surface area contributed by atoms with Gasteiger partial charge in [0.25, 0.3) is 0 Å². The summed E-state index contributed by atoms with van der Waals surface area (Å²) >= 11 is 6.12. The lowest BCUT2D eigenvalue weighted by atomic mass is 9.70. The minimum Gasteiger partial charge on any atom is -0.103 e. The molecule has 2 aliphatic carbocycles. The van der Waals surface area contributed by atoms with Crippen LogP contribution < -0.4 is 0 Å². The summed E-state index contributed by atoms with van der Waals surface area (Å²) < 4.78 is 0. The fourth-order valence-electron chi connectivity index (χ4n) is 4.36. The Morgan fingerprint density at radius 3 is 2.55 bits per heavy atom. The van der Waals surface area contributed by atoms with Gasteiger partial charge in [-0.25, -0.2) is 0 Å². The molecule has 1 aromatic rings. The normalized spacial score (nSPS) is 29.0. The van der Waals surface area contributed by atoms with Crippen LogP contribution in [0.3, 0.4) is 0 Å². The maximum atomic E-state index is 6.12. The van der Waals surface area contributed by atoms with Crippen LogP contribution in [0.4, 0.5) is 0 Å². The van der Waals surface area contributed by atoms with E-state index < -0.39 is 0 Å². The molecule has 0 heterocycles. The molecule has 0 bridgehead atoms. The molecule has 0 radical (unpaired) electrons. The molecule has 1 unspecified atom stereocenters. The van der Waals surface area contributed by atoms with E-state index in [1.165, 1.54) is 62.5 Å². The van der Waals surface area contributed by atoms with Gasteiger partial charge in [0.2, 0.25) is 0 Å². The highest BCUT2D eigenvalue weighted by molar-refractivity contribution is 6.30. The Bertz CT molecular complexity index is 535. The molecule has 118 valence electrons. The van der Waals surface area contributed by atoms with Gasteiger partial charge in [-0.05, 0) is 92.4 Å². The van der Waals surface area contributed by atoms with E-state index in [9.17, 15) is 0 Å². The Labute approximate surface area is 140 Å². The van der Waals surface area contributed by atoms with E-state index in [4.69, 9.17) is 11.6 Å². The zero-order valence-electron chi connectivity index (χ0n) is 13.4.